The molecule has 0 spiro atoms. The van der Waals surface area contributed by atoms with Gasteiger partial charge in [-0.1, -0.05) is 12.1 Å². The van der Waals surface area contributed by atoms with Crippen molar-refractivity contribution in [3.8, 4) is 0 Å². The Kier molecular flexibility index (Phi) is 5.64. The Morgan fingerprint density at radius 2 is 1.96 bits per heavy atom. The van der Waals surface area contributed by atoms with Crippen LogP contribution < -0.4 is 10.6 Å². The van der Waals surface area contributed by atoms with Crippen LogP contribution in [-0.2, 0) is 4.79 Å². The second kappa shape index (κ2) is 7.68. The van der Waals surface area contributed by atoms with Crippen LogP contribution in [-0.4, -0.2) is 54.4 Å². The van der Waals surface area contributed by atoms with Crippen LogP contribution in [0.1, 0.15) is 23.2 Å². The quantitative estimate of drug-likeness (QED) is 0.608. The van der Waals surface area contributed by atoms with Crippen LogP contribution in [0.2, 0.25) is 0 Å². The van der Waals surface area contributed by atoms with Crippen LogP contribution in [0.25, 0.3) is 0 Å². The number of nitrogens with one attached hydrogen (secondary N) is 2. The van der Waals surface area contributed by atoms with E-state index >= 15 is 0 Å². The topological polar surface area (TPSA) is 105 Å². The summed E-state index contributed by atoms with van der Waals surface area (Å²) >= 11 is 0. The van der Waals surface area contributed by atoms with Crippen molar-refractivity contribution in [3.63, 3.8) is 0 Å². The summed E-state index contributed by atoms with van der Waals surface area (Å²) in [5.41, 5.74) is -0.118. The van der Waals surface area contributed by atoms with E-state index in [1.807, 2.05) is 4.90 Å². The first-order chi connectivity index (χ1) is 11.0. The molecule has 2 rings (SSSR count). The van der Waals surface area contributed by atoms with Crippen LogP contribution in [0.4, 0.5) is 5.69 Å². The number of likely N-dealkylation sites (tertiary alicyclic amines) is 1. The summed E-state index contributed by atoms with van der Waals surface area (Å²) < 4.78 is 0. The third kappa shape index (κ3) is 4.49. The van der Waals surface area contributed by atoms with E-state index in [0.29, 0.717) is 32.5 Å². The minimum absolute atomic E-state index is 0.0348. The molecule has 1 aromatic carbocycles. The molecular formula is C15H20N4O4. The van der Waals surface area contributed by atoms with Gasteiger partial charge in [-0.2, -0.15) is 0 Å². The van der Waals surface area contributed by atoms with Crippen molar-refractivity contribution in [2.75, 3.05) is 26.7 Å². The summed E-state index contributed by atoms with van der Waals surface area (Å²) in [7, 11) is 1.60. The normalized spacial score (nSPS) is 15.9. The molecule has 0 radical (unpaired) electrons. The maximum absolute atomic E-state index is 12.3. The summed E-state index contributed by atoms with van der Waals surface area (Å²) in [6, 6.07) is 5.87. The number of piperidine rings is 1. The highest BCUT2D eigenvalue weighted by Crippen LogP contribution is 2.18. The highest BCUT2D eigenvalue weighted by molar-refractivity contribution is 5.98. The molecule has 1 aromatic rings. The number of rotatable bonds is 5. The van der Waals surface area contributed by atoms with Gasteiger partial charge in [0.15, 0.2) is 0 Å². The molecule has 0 bridgehead atoms. The predicted molar refractivity (Wildman–Crippen MR) is 84.1 cm³/mol. The maximum atomic E-state index is 12.3. The number of nitro groups is 1. The van der Waals surface area contributed by atoms with Crippen molar-refractivity contribution < 1.29 is 14.5 Å². The Bertz CT molecular complexity index is 597. The molecule has 0 unspecified atom stereocenters. The van der Waals surface area contributed by atoms with Gasteiger partial charge in [0.1, 0.15) is 5.56 Å². The van der Waals surface area contributed by atoms with Crippen LogP contribution in [0.3, 0.4) is 0 Å². The van der Waals surface area contributed by atoms with Gasteiger partial charge in [0.2, 0.25) is 5.91 Å². The number of amides is 2. The number of para-hydroxylation sites is 1. The lowest BCUT2D eigenvalue weighted by atomic mass is 10.0. The number of carbonyl (C=O) groups excluding carboxylic acids is 2. The molecule has 2 N–H and O–H groups in total. The molecule has 23 heavy (non-hydrogen) atoms. The molecule has 1 fully saturated rings. The summed E-state index contributed by atoms with van der Waals surface area (Å²) in [5.74, 6) is -0.463. The van der Waals surface area contributed by atoms with Crippen molar-refractivity contribution in [2.45, 2.75) is 18.9 Å². The van der Waals surface area contributed by atoms with Crippen LogP contribution >= 0.6 is 0 Å². The van der Waals surface area contributed by atoms with Gasteiger partial charge in [-0.15, -0.1) is 0 Å². The van der Waals surface area contributed by atoms with Gasteiger partial charge in [-0.05, 0) is 18.9 Å². The Balaban J connectivity index is 1.90. The van der Waals surface area contributed by atoms with Crippen molar-refractivity contribution in [1.82, 2.24) is 15.5 Å². The average Bonchev–Trinajstić information content (AvgIpc) is 2.56. The van der Waals surface area contributed by atoms with Crippen molar-refractivity contribution >= 4 is 17.5 Å². The smallest absolute Gasteiger partial charge is 0.282 e. The Labute approximate surface area is 134 Å². The lowest BCUT2D eigenvalue weighted by molar-refractivity contribution is -0.385. The molecule has 2 amide bonds. The largest absolute Gasteiger partial charge is 0.358 e. The molecule has 8 nitrogen and oxygen atoms in total. The fraction of sp³-hybridized carbons (Fsp3) is 0.467. The van der Waals surface area contributed by atoms with E-state index < -0.39 is 10.8 Å². The van der Waals surface area contributed by atoms with Crippen molar-refractivity contribution in [2.24, 2.45) is 0 Å². The van der Waals surface area contributed by atoms with Crippen LogP contribution in [0.5, 0.6) is 0 Å². The number of likely N-dealkylation sites (N-methyl/N-ethyl adjacent to an activating group) is 1. The molecular weight excluding hydrogens is 300 g/mol. The molecule has 8 heteroatoms. The van der Waals surface area contributed by atoms with E-state index in [1.54, 1.807) is 13.1 Å². The van der Waals surface area contributed by atoms with E-state index in [4.69, 9.17) is 0 Å². The number of nitro benzene ring substituents is 1. The molecule has 1 aliphatic rings. The molecule has 124 valence electrons. The second-order valence-corrected chi connectivity index (χ2v) is 5.47. The molecule has 0 aromatic heterocycles. The summed E-state index contributed by atoms with van der Waals surface area (Å²) in [6.45, 7) is 1.76. The number of carbonyl (C=O) groups is 2. The second-order valence-electron chi connectivity index (χ2n) is 5.47. The van der Waals surface area contributed by atoms with E-state index in [-0.39, 0.29) is 23.2 Å². The summed E-state index contributed by atoms with van der Waals surface area (Å²) in [5, 5.41) is 16.4. The highest BCUT2D eigenvalue weighted by atomic mass is 16.6. The molecule has 1 heterocycles. The molecule has 0 aliphatic carbocycles. The van der Waals surface area contributed by atoms with Gasteiger partial charge < -0.3 is 10.6 Å². The van der Waals surface area contributed by atoms with Gasteiger partial charge in [0, 0.05) is 32.2 Å². The average molecular weight is 320 g/mol. The number of benzene rings is 1. The highest BCUT2D eigenvalue weighted by Gasteiger charge is 2.25. The fourth-order valence-corrected chi connectivity index (χ4v) is 2.61. The van der Waals surface area contributed by atoms with Crippen LogP contribution in [0, 0.1) is 10.1 Å². The zero-order chi connectivity index (χ0) is 16.8. The Hall–Kier alpha value is -2.48. The molecule has 0 saturated carbocycles. The van der Waals surface area contributed by atoms with Crippen LogP contribution in [0.15, 0.2) is 24.3 Å². The number of hydrogen-bond acceptors (Lipinski definition) is 5. The first-order valence-corrected chi connectivity index (χ1v) is 7.48. The third-order valence-corrected chi connectivity index (χ3v) is 3.91. The van der Waals surface area contributed by atoms with Gasteiger partial charge in [-0.25, -0.2) is 0 Å². The van der Waals surface area contributed by atoms with Gasteiger partial charge >= 0.3 is 0 Å². The van der Waals surface area contributed by atoms with E-state index in [0.717, 1.165) is 0 Å². The number of hydrogen-bond donors (Lipinski definition) is 2. The first-order valence-electron chi connectivity index (χ1n) is 7.48. The summed E-state index contributed by atoms with van der Waals surface area (Å²) in [6.07, 6.45) is 1.42. The van der Waals surface area contributed by atoms with E-state index in [9.17, 15) is 19.7 Å². The minimum atomic E-state index is -0.555. The Morgan fingerprint density at radius 1 is 1.30 bits per heavy atom. The van der Waals surface area contributed by atoms with Gasteiger partial charge in [-0.3, -0.25) is 24.6 Å². The van der Waals surface area contributed by atoms with E-state index in [2.05, 4.69) is 10.6 Å². The SMILES string of the molecule is CNC(=O)CN1CCC(NC(=O)c2ccccc2[N+](=O)[O-])CC1. The van der Waals surface area contributed by atoms with Gasteiger partial charge in [0.25, 0.3) is 11.6 Å². The summed E-state index contributed by atoms with van der Waals surface area (Å²) in [4.78, 5) is 36.0. The standard InChI is InChI=1S/C15H20N4O4/c1-16-14(20)10-18-8-6-11(7-9-18)17-15(21)12-4-2-3-5-13(12)19(22)23/h2-5,11H,6-10H2,1H3,(H,16,20)(H,17,21). The minimum Gasteiger partial charge on any atom is -0.358 e. The predicted octanol–water partition coefficient (Wildman–Crippen LogP) is 0.535. The van der Waals surface area contributed by atoms with Crippen molar-refractivity contribution in [3.05, 3.63) is 39.9 Å². The van der Waals surface area contributed by atoms with E-state index in [1.165, 1.54) is 18.2 Å². The monoisotopic (exact) mass is 320 g/mol. The molecule has 0 atom stereocenters. The number of nitrogens with zero attached hydrogens (tertiary/aromatic N) is 2. The van der Waals surface area contributed by atoms with Gasteiger partial charge in [0.05, 0.1) is 11.5 Å². The maximum Gasteiger partial charge on any atom is 0.282 e. The van der Waals surface area contributed by atoms with Crippen molar-refractivity contribution in [1.29, 1.82) is 0 Å². The lowest BCUT2D eigenvalue weighted by Gasteiger charge is -2.31. The molecule has 1 saturated heterocycles. The first kappa shape index (κ1) is 16.9. The third-order valence-electron chi connectivity index (χ3n) is 3.91. The lowest BCUT2D eigenvalue weighted by Crippen LogP contribution is -2.47. The fourth-order valence-electron chi connectivity index (χ4n) is 2.61. The molecule has 1 aliphatic heterocycles. The zero-order valence-corrected chi connectivity index (χ0v) is 12.9. The Morgan fingerprint density at radius 3 is 2.57 bits per heavy atom. The zero-order valence-electron chi connectivity index (χ0n) is 12.9.